The fourth-order valence-electron chi connectivity index (χ4n) is 3.82. The number of carbonyl (C=O) groups is 1. The van der Waals surface area contributed by atoms with E-state index in [1.807, 2.05) is 14.0 Å². The second-order valence-corrected chi connectivity index (χ2v) is 6.95. The van der Waals surface area contributed by atoms with Crippen LogP contribution >= 0.6 is 0 Å². The number of amides is 1. The molecule has 1 aliphatic carbocycles. The number of ether oxygens (including phenoxy) is 1. The first-order valence-corrected chi connectivity index (χ1v) is 8.62. The van der Waals surface area contributed by atoms with Gasteiger partial charge in [-0.3, -0.25) is 9.69 Å². The number of methoxy groups -OCH3 is 1. The van der Waals surface area contributed by atoms with Gasteiger partial charge in [0.05, 0.1) is 24.9 Å². The van der Waals surface area contributed by atoms with Crippen LogP contribution in [0.15, 0.2) is 0 Å². The first-order chi connectivity index (χ1) is 11.0. The molecule has 1 amide bonds. The van der Waals surface area contributed by atoms with E-state index >= 15 is 0 Å². The van der Waals surface area contributed by atoms with Crippen LogP contribution in [0.25, 0.3) is 0 Å². The summed E-state index contributed by atoms with van der Waals surface area (Å²) in [5, 5.41) is 7.64. The van der Waals surface area contributed by atoms with Crippen molar-refractivity contribution in [2.75, 3.05) is 20.2 Å². The molecule has 0 spiro atoms. The van der Waals surface area contributed by atoms with Crippen molar-refractivity contribution >= 4 is 5.91 Å². The molecule has 0 unspecified atom stereocenters. The zero-order chi connectivity index (χ0) is 16.6. The van der Waals surface area contributed by atoms with Crippen LogP contribution in [0, 0.1) is 12.8 Å². The monoisotopic (exact) mass is 320 g/mol. The van der Waals surface area contributed by atoms with Crippen LogP contribution < -0.4 is 10.1 Å². The molecular formula is C17H28N4O2. The molecule has 1 aromatic rings. The van der Waals surface area contributed by atoms with E-state index in [1.165, 1.54) is 12.8 Å². The molecule has 2 fully saturated rings. The molecule has 1 saturated heterocycles. The number of aryl methyl sites for hydroxylation is 2. The van der Waals surface area contributed by atoms with Crippen molar-refractivity contribution in [3.8, 4) is 5.88 Å². The number of hydrogen-bond acceptors (Lipinski definition) is 4. The summed E-state index contributed by atoms with van der Waals surface area (Å²) in [6.45, 7) is 5.54. The van der Waals surface area contributed by atoms with Crippen molar-refractivity contribution in [3.63, 3.8) is 0 Å². The van der Waals surface area contributed by atoms with Crippen LogP contribution in [0.1, 0.15) is 49.9 Å². The molecule has 6 heteroatoms. The molecule has 2 aliphatic rings. The maximum absolute atomic E-state index is 12.4. The van der Waals surface area contributed by atoms with E-state index in [2.05, 4.69) is 22.2 Å². The molecule has 23 heavy (non-hydrogen) atoms. The predicted octanol–water partition coefficient (Wildman–Crippen LogP) is 1.79. The molecular weight excluding hydrogens is 292 g/mol. The molecule has 1 saturated carbocycles. The summed E-state index contributed by atoms with van der Waals surface area (Å²) in [4.78, 5) is 14.6. The number of likely N-dealkylation sites (tertiary alicyclic amines) is 1. The highest BCUT2D eigenvalue weighted by molar-refractivity contribution is 5.78. The smallest absolute Gasteiger partial charge is 0.234 e. The third kappa shape index (κ3) is 3.37. The zero-order valence-electron chi connectivity index (χ0n) is 14.6. The first kappa shape index (κ1) is 16.3. The Morgan fingerprint density at radius 1 is 1.43 bits per heavy atom. The Kier molecular flexibility index (Phi) is 4.62. The lowest BCUT2D eigenvalue weighted by molar-refractivity contribution is -0.123. The number of carbonyl (C=O) groups excluding carboxylic acids is 1. The van der Waals surface area contributed by atoms with Crippen LogP contribution in [-0.2, 0) is 11.8 Å². The summed E-state index contributed by atoms with van der Waals surface area (Å²) >= 11 is 0. The summed E-state index contributed by atoms with van der Waals surface area (Å²) in [5.41, 5.74) is 2.13. The minimum Gasteiger partial charge on any atom is -0.481 e. The van der Waals surface area contributed by atoms with Crippen LogP contribution in [0.4, 0.5) is 0 Å². The minimum atomic E-state index is 0.136. The van der Waals surface area contributed by atoms with Gasteiger partial charge in [0, 0.05) is 19.1 Å². The minimum absolute atomic E-state index is 0.136. The Morgan fingerprint density at radius 3 is 2.83 bits per heavy atom. The van der Waals surface area contributed by atoms with E-state index in [0.717, 1.165) is 36.5 Å². The van der Waals surface area contributed by atoms with Crippen molar-refractivity contribution in [2.45, 2.75) is 51.6 Å². The maximum Gasteiger partial charge on any atom is 0.234 e. The second kappa shape index (κ2) is 6.51. The number of nitrogens with zero attached hydrogens (tertiary/aromatic N) is 3. The van der Waals surface area contributed by atoms with Gasteiger partial charge in [-0.15, -0.1) is 0 Å². The topological polar surface area (TPSA) is 59.4 Å². The van der Waals surface area contributed by atoms with Gasteiger partial charge in [0.25, 0.3) is 0 Å². The third-order valence-electron chi connectivity index (χ3n) is 5.17. The van der Waals surface area contributed by atoms with Gasteiger partial charge in [-0.25, -0.2) is 4.68 Å². The molecule has 0 bridgehead atoms. The van der Waals surface area contributed by atoms with Crippen molar-refractivity contribution in [1.82, 2.24) is 20.0 Å². The summed E-state index contributed by atoms with van der Waals surface area (Å²) < 4.78 is 7.33. The van der Waals surface area contributed by atoms with Gasteiger partial charge in [0.2, 0.25) is 11.8 Å². The van der Waals surface area contributed by atoms with Crippen molar-refractivity contribution in [1.29, 1.82) is 0 Å². The van der Waals surface area contributed by atoms with Gasteiger partial charge >= 0.3 is 0 Å². The first-order valence-electron chi connectivity index (χ1n) is 8.62. The van der Waals surface area contributed by atoms with E-state index in [-0.39, 0.29) is 11.9 Å². The Bertz CT molecular complexity index is 579. The van der Waals surface area contributed by atoms with Gasteiger partial charge in [0.1, 0.15) is 0 Å². The molecule has 1 aliphatic heterocycles. The molecule has 1 N–H and O–H groups in total. The fourth-order valence-corrected chi connectivity index (χ4v) is 3.82. The molecule has 2 atom stereocenters. The summed E-state index contributed by atoms with van der Waals surface area (Å²) in [6, 6.07) is 0.527. The summed E-state index contributed by atoms with van der Waals surface area (Å²) in [6.07, 6.45) is 4.65. The second-order valence-electron chi connectivity index (χ2n) is 6.95. The Hall–Kier alpha value is -1.56. The molecule has 6 nitrogen and oxygen atoms in total. The van der Waals surface area contributed by atoms with Gasteiger partial charge in [0.15, 0.2) is 0 Å². The number of hydrogen-bond donors (Lipinski definition) is 1. The maximum atomic E-state index is 12.4. The molecule has 0 aromatic carbocycles. The SMILES string of the molecule is COc1c([C@H]2CCCN2CC(=O)N[C@H](C)C2CC2)c(C)nn1C. The van der Waals surface area contributed by atoms with E-state index in [4.69, 9.17) is 4.74 Å². The number of nitrogens with one attached hydrogen (secondary N) is 1. The highest BCUT2D eigenvalue weighted by Crippen LogP contribution is 2.38. The standard InChI is InChI=1S/C17H28N4O2/c1-11(13-7-8-13)18-15(22)10-21-9-5-6-14(21)16-12(2)19-20(3)17(16)23-4/h11,13-14H,5-10H2,1-4H3,(H,18,22)/t11-,14-/m1/s1. The molecule has 3 rings (SSSR count). The van der Waals surface area contributed by atoms with Crippen molar-refractivity contribution in [3.05, 3.63) is 11.3 Å². The predicted molar refractivity (Wildman–Crippen MR) is 88.4 cm³/mol. The highest BCUT2D eigenvalue weighted by atomic mass is 16.5. The van der Waals surface area contributed by atoms with Gasteiger partial charge in [-0.2, -0.15) is 5.10 Å². The van der Waals surface area contributed by atoms with Gasteiger partial charge < -0.3 is 10.1 Å². The van der Waals surface area contributed by atoms with Gasteiger partial charge in [-0.1, -0.05) is 0 Å². The van der Waals surface area contributed by atoms with Crippen LogP contribution in [0.5, 0.6) is 5.88 Å². The third-order valence-corrected chi connectivity index (χ3v) is 5.17. The lowest BCUT2D eigenvalue weighted by Crippen LogP contribution is -2.41. The van der Waals surface area contributed by atoms with Crippen LogP contribution in [0.2, 0.25) is 0 Å². The zero-order valence-corrected chi connectivity index (χ0v) is 14.6. The molecule has 1 aromatic heterocycles. The largest absolute Gasteiger partial charge is 0.481 e. The lowest BCUT2D eigenvalue weighted by atomic mass is 10.0. The average Bonchev–Trinajstić information content (AvgIpc) is 3.19. The summed E-state index contributed by atoms with van der Waals surface area (Å²) in [7, 11) is 3.59. The normalized spacial score (nSPS) is 23.0. The quantitative estimate of drug-likeness (QED) is 0.868. The number of aromatic nitrogens is 2. The van der Waals surface area contributed by atoms with E-state index < -0.39 is 0 Å². The molecule has 0 radical (unpaired) electrons. The Labute approximate surface area is 138 Å². The van der Waals surface area contributed by atoms with E-state index in [1.54, 1.807) is 11.8 Å². The van der Waals surface area contributed by atoms with Crippen molar-refractivity contribution < 1.29 is 9.53 Å². The molecule has 128 valence electrons. The van der Waals surface area contributed by atoms with Crippen LogP contribution in [-0.4, -0.2) is 46.8 Å². The van der Waals surface area contributed by atoms with E-state index in [0.29, 0.717) is 18.5 Å². The van der Waals surface area contributed by atoms with Gasteiger partial charge in [-0.05, 0) is 52.0 Å². The highest BCUT2D eigenvalue weighted by Gasteiger charge is 2.34. The Balaban J connectivity index is 1.69. The van der Waals surface area contributed by atoms with Crippen LogP contribution in [0.3, 0.4) is 0 Å². The van der Waals surface area contributed by atoms with Crippen molar-refractivity contribution in [2.24, 2.45) is 13.0 Å². The fraction of sp³-hybridized carbons (Fsp3) is 0.765. The van der Waals surface area contributed by atoms with E-state index in [9.17, 15) is 4.79 Å². The number of rotatable bonds is 6. The summed E-state index contributed by atoms with van der Waals surface area (Å²) in [5.74, 6) is 1.64. The molecule has 2 heterocycles. The lowest BCUT2D eigenvalue weighted by Gasteiger charge is -2.25. The Morgan fingerprint density at radius 2 is 2.17 bits per heavy atom. The average molecular weight is 320 g/mol.